The van der Waals surface area contributed by atoms with Gasteiger partial charge in [0.2, 0.25) is 0 Å². The Balaban J connectivity index is 2.10. The number of hydrogen-bond donors (Lipinski definition) is 2. The number of thiazole rings is 1. The van der Waals surface area contributed by atoms with E-state index in [2.05, 4.69) is 17.2 Å². The van der Waals surface area contributed by atoms with Crippen LogP contribution in [0.5, 0.6) is 0 Å². The summed E-state index contributed by atoms with van der Waals surface area (Å²) in [4.78, 5) is 29.0. The van der Waals surface area contributed by atoms with Crippen molar-refractivity contribution in [1.82, 2.24) is 10.3 Å². The van der Waals surface area contributed by atoms with Gasteiger partial charge in [-0.2, -0.15) is 0 Å². The minimum absolute atomic E-state index is 0.171. The van der Waals surface area contributed by atoms with Crippen molar-refractivity contribution in [3.8, 4) is 0 Å². The molecule has 22 heavy (non-hydrogen) atoms. The van der Waals surface area contributed by atoms with Gasteiger partial charge in [0.05, 0.1) is 16.6 Å². The van der Waals surface area contributed by atoms with E-state index in [1.165, 1.54) is 11.3 Å². The number of hydrogen-bond acceptors (Lipinski definition) is 4. The van der Waals surface area contributed by atoms with Gasteiger partial charge >= 0.3 is 5.97 Å². The van der Waals surface area contributed by atoms with Gasteiger partial charge in [-0.3, -0.25) is 9.59 Å². The number of nitrogens with one attached hydrogen (secondary N) is 1. The van der Waals surface area contributed by atoms with Crippen LogP contribution >= 0.6 is 11.3 Å². The number of aromatic nitrogens is 1. The van der Waals surface area contributed by atoms with Gasteiger partial charge in [-0.05, 0) is 32.6 Å². The standard InChI is InChI=1S/C16H24N2O3S/c1-3-7-13-17-10(2)14(22-13)15(19)18-12-9-6-4-5-8-11(12)16(20)21/h11-12H,3-9H2,1-2H3,(H,18,19)(H,20,21)/t11-,12+/m1/s1. The number of nitrogens with zero attached hydrogens (tertiary/aromatic N) is 1. The number of rotatable bonds is 5. The van der Waals surface area contributed by atoms with Crippen LogP contribution in [0.3, 0.4) is 0 Å². The number of aryl methyl sites for hydroxylation is 2. The van der Waals surface area contributed by atoms with Crippen LogP contribution in [0.2, 0.25) is 0 Å². The summed E-state index contributed by atoms with van der Waals surface area (Å²) in [5, 5.41) is 13.3. The largest absolute Gasteiger partial charge is 0.481 e. The van der Waals surface area contributed by atoms with Gasteiger partial charge in [0.25, 0.3) is 5.91 Å². The number of amides is 1. The molecule has 1 heterocycles. The van der Waals surface area contributed by atoms with Crippen molar-refractivity contribution in [3.05, 3.63) is 15.6 Å². The third-order valence-corrected chi connectivity index (χ3v) is 5.38. The number of aliphatic carboxylic acids is 1. The van der Waals surface area contributed by atoms with E-state index in [1.54, 1.807) is 0 Å². The average molecular weight is 324 g/mol. The lowest BCUT2D eigenvalue weighted by Gasteiger charge is -2.22. The molecule has 6 heteroatoms. The van der Waals surface area contributed by atoms with Crippen LogP contribution in [0.25, 0.3) is 0 Å². The molecule has 0 bridgehead atoms. The number of carbonyl (C=O) groups is 2. The summed E-state index contributed by atoms with van der Waals surface area (Å²) < 4.78 is 0. The van der Waals surface area contributed by atoms with E-state index in [-0.39, 0.29) is 11.9 Å². The number of carbonyl (C=O) groups excluding carboxylic acids is 1. The van der Waals surface area contributed by atoms with Crippen LogP contribution in [0, 0.1) is 12.8 Å². The second-order valence-electron chi connectivity index (χ2n) is 5.93. The summed E-state index contributed by atoms with van der Waals surface area (Å²) in [7, 11) is 0. The van der Waals surface area contributed by atoms with E-state index >= 15 is 0 Å². The zero-order chi connectivity index (χ0) is 16.1. The zero-order valence-electron chi connectivity index (χ0n) is 13.2. The molecule has 0 spiro atoms. The van der Waals surface area contributed by atoms with Gasteiger partial charge in [0.1, 0.15) is 4.88 Å². The third kappa shape index (κ3) is 4.06. The normalized spacial score (nSPS) is 22.1. The summed E-state index contributed by atoms with van der Waals surface area (Å²) in [6.45, 7) is 3.92. The summed E-state index contributed by atoms with van der Waals surface area (Å²) >= 11 is 1.43. The molecule has 2 N–H and O–H groups in total. The highest BCUT2D eigenvalue weighted by Crippen LogP contribution is 2.25. The summed E-state index contributed by atoms with van der Waals surface area (Å²) in [6, 6.07) is -0.274. The van der Waals surface area contributed by atoms with Crippen LogP contribution in [-0.2, 0) is 11.2 Å². The van der Waals surface area contributed by atoms with Gasteiger partial charge in [-0.15, -0.1) is 11.3 Å². The lowest BCUT2D eigenvalue weighted by Crippen LogP contribution is -2.42. The van der Waals surface area contributed by atoms with Crippen molar-refractivity contribution in [2.75, 3.05) is 0 Å². The quantitative estimate of drug-likeness (QED) is 0.815. The van der Waals surface area contributed by atoms with Crippen molar-refractivity contribution in [3.63, 3.8) is 0 Å². The second-order valence-corrected chi connectivity index (χ2v) is 7.02. The highest BCUT2D eigenvalue weighted by atomic mass is 32.1. The van der Waals surface area contributed by atoms with Crippen molar-refractivity contribution in [1.29, 1.82) is 0 Å². The molecular formula is C16H24N2O3S. The molecule has 1 aliphatic carbocycles. The summed E-state index contributed by atoms with van der Waals surface area (Å²) in [6.07, 6.45) is 6.18. The molecule has 0 aliphatic heterocycles. The maximum Gasteiger partial charge on any atom is 0.308 e. The van der Waals surface area contributed by atoms with Crippen LogP contribution in [0.4, 0.5) is 0 Å². The minimum atomic E-state index is -0.806. The highest BCUT2D eigenvalue weighted by Gasteiger charge is 2.31. The van der Waals surface area contributed by atoms with Gasteiger partial charge in [0, 0.05) is 6.04 Å². The molecule has 2 rings (SSSR count). The molecular weight excluding hydrogens is 300 g/mol. The molecule has 122 valence electrons. The van der Waals surface area contributed by atoms with E-state index in [1.807, 2.05) is 6.92 Å². The van der Waals surface area contributed by atoms with E-state index in [4.69, 9.17) is 0 Å². The Labute approximate surface area is 135 Å². The topological polar surface area (TPSA) is 79.3 Å². The Morgan fingerprint density at radius 3 is 2.73 bits per heavy atom. The monoisotopic (exact) mass is 324 g/mol. The van der Waals surface area contributed by atoms with Crippen molar-refractivity contribution >= 4 is 23.2 Å². The SMILES string of the molecule is CCCc1nc(C)c(C(=O)N[C@H]2CCCCC[C@H]2C(=O)O)s1. The average Bonchev–Trinajstić information content (AvgIpc) is 2.69. The van der Waals surface area contributed by atoms with Crippen LogP contribution in [0.1, 0.15) is 65.8 Å². The molecule has 1 fully saturated rings. The number of carboxylic acids is 1. The van der Waals surface area contributed by atoms with Crippen molar-refractivity contribution in [2.24, 2.45) is 5.92 Å². The first-order chi connectivity index (χ1) is 10.5. The third-order valence-electron chi connectivity index (χ3n) is 4.16. The predicted octanol–water partition coefficient (Wildman–Crippen LogP) is 3.17. The van der Waals surface area contributed by atoms with Crippen LogP contribution in [-0.4, -0.2) is 28.0 Å². The van der Waals surface area contributed by atoms with E-state index in [0.29, 0.717) is 11.3 Å². The predicted molar refractivity (Wildman–Crippen MR) is 86.3 cm³/mol. The lowest BCUT2D eigenvalue weighted by molar-refractivity contribution is -0.142. The molecule has 2 atom stereocenters. The van der Waals surface area contributed by atoms with Gasteiger partial charge < -0.3 is 10.4 Å². The molecule has 0 saturated heterocycles. The molecule has 0 radical (unpaired) electrons. The minimum Gasteiger partial charge on any atom is -0.481 e. The second kappa shape index (κ2) is 7.72. The summed E-state index contributed by atoms with van der Waals surface area (Å²) in [5.74, 6) is -1.45. The Hall–Kier alpha value is -1.43. The molecule has 0 unspecified atom stereocenters. The Kier molecular flexibility index (Phi) is 5.94. The first kappa shape index (κ1) is 16.9. The molecule has 1 aromatic heterocycles. The molecule has 1 aliphatic rings. The summed E-state index contributed by atoms with van der Waals surface area (Å²) in [5.41, 5.74) is 0.742. The zero-order valence-corrected chi connectivity index (χ0v) is 14.0. The first-order valence-corrected chi connectivity index (χ1v) is 8.84. The van der Waals surface area contributed by atoms with Gasteiger partial charge in [-0.25, -0.2) is 4.98 Å². The molecule has 1 saturated carbocycles. The highest BCUT2D eigenvalue weighted by molar-refractivity contribution is 7.13. The fraction of sp³-hybridized carbons (Fsp3) is 0.688. The Morgan fingerprint density at radius 1 is 1.32 bits per heavy atom. The molecule has 5 nitrogen and oxygen atoms in total. The van der Waals surface area contributed by atoms with Crippen molar-refractivity contribution in [2.45, 2.75) is 64.8 Å². The number of carboxylic acid groups (broad SMARTS) is 1. The fourth-order valence-corrected chi connectivity index (χ4v) is 4.06. The maximum atomic E-state index is 12.5. The lowest BCUT2D eigenvalue weighted by atomic mass is 9.95. The molecule has 0 aromatic carbocycles. The van der Waals surface area contributed by atoms with Crippen LogP contribution < -0.4 is 5.32 Å². The van der Waals surface area contributed by atoms with Gasteiger partial charge in [0.15, 0.2) is 0 Å². The van der Waals surface area contributed by atoms with Crippen molar-refractivity contribution < 1.29 is 14.7 Å². The van der Waals surface area contributed by atoms with E-state index in [9.17, 15) is 14.7 Å². The fourth-order valence-electron chi connectivity index (χ4n) is 2.99. The Morgan fingerprint density at radius 2 is 2.05 bits per heavy atom. The smallest absolute Gasteiger partial charge is 0.308 e. The Bertz CT molecular complexity index is 541. The first-order valence-electron chi connectivity index (χ1n) is 8.03. The van der Waals surface area contributed by atoms with Crippen LogP contribution in [0.15, 0.2) is 0 Å². The van der Waals surface area contributed by atoms with Gasteiger partial charge in [-0.1, -0.05) is 26.2 Å². The van der Waals surface area contributed by atoms with E-state index in [0.717, 1.165) is 49.2 Å². The molecule has 1 amide bonds. The molecule has 1 aromatic rings. The van der Waals surface area contributed by atoms with E-state index < -0.39 is 11.9 Å². The maximum absolute atomic E-state index is 12.5.